The summed E-state index contributed by atoms with van der Waals surface area (Å²) in [5.74, 6) is 0. The maximum absolute atomic E-state index is 8.95. The zero-order valence-electron chi connectivity index (χ0n) is 12.0. The largest absolute Gasteiger partial charge is 0.396 e. The van der Waals surface area contributed by atoms with Crippen LogP contribution in [0.1, 0.15) is 31.2 Å². The predicted octanol–water partition coefficient (Wildman–Crippen LogP) is 3.58. The normalized spacial score (nSPS) is 15.1. The fourth-order valence-corrected chi connectivity index (χ4v) is 2.91. The second kappa shape index (κ2) is 6.38. The molecule has 0 radical (unpaired) electrons. The van der Waals surface area contributed by atoms with Crippen molar-refractivity contribution in [2.75, 3.05) is 13.2 Å². The van der Waals surface area contributed by atoms with E-state index < -0.39 is 0 Å². The second-order valence-electron chi connectivity index (χ2n) is 5.77. The van der Waals surface area contributed by atoms with Crippen LogP contribution in [0.25, 0.3) is 10.8 Å². The Bertz CT molecular complexity index is 557. The molecule has 106 valence electrons. The lowest BCUT2D eigenvalue weighted by Gasteiger charge is -2.22. The predicted molar refractivity (Wildman–Crippen MR) is 83.7 cm³/mol. The third kappa shape index (κ3) is 3.20. The molecule has 0 atom stereocenters. The first-order chi connectivity index (χ1) is 9.88. The minimum absolute atomic E-state index is 0.312. The van der Waals surface area contributed by atoms with Gasteiger partial charge in [0, 0.05) is 19.2 Å². The minimum atomic E-state index is 0.312. The van der Waals surface area contributed by atoms with Crippen LogP contribution in [-0.2, 0) is 6.54 Å². The second-order valence-corrected chi connectivity index (χ2v) is 5.77. The molecule has 0 saturated heterocycles. The lowest BCUT2D eigenvalue weighted by atomic mass is 10.0. The molecule has 0 spiro atoms. The average molecular weight is 269 g/mol. The van der Waals surface area contributed by atoms with Gasteiger partial charge in [0.1, 0.15) is 0 Å². The smallest absolute Gasteiger partial charge is 0.0431 e. The van der Waals surface area contributed by atoms with Gasteiger partial charge in [0.25, 0.3) is 0 Å². The fraction of sp³-hybridized carbons (Fsp3) is 0.444. The third-order valence-corrected chi connectivity index (χ3v) is 4.17. The van der Waals surface area contributed by atoms with Crippen molar-refractivity contribution >= 4 is 10.8 Å². The highest BCUT2D eigenvalue weighted by molar-refractivity contribution is 5.85. The Kier molecular flexibility index (Phi) is 4.34. The van der Waals surface area contributed by atoms with Gasteiger partial charge in [-0.2, -0.15) is 0 Å². The van der Waals surface area contributed by atoms with E-state index in [4.69, 9.17) is 5.11 Å². The molecule has 2 heteroatoms. The third-order valence-electron chi connectivity index (χ3n) is 4.17. The zero-order valence-corrected chi connectivity index (χ0v) is 12.0. The summed E-state index contributed by atoms with van der Waals surface area (Å²) in [6.07, 6.45) is 4.68. The number of hydrogen-bond donors (Lipinski definition) is 1. The average Bonchev–Trinajstić information content (AvgIpc) is 3.31. The number of nitrogens with zero attached hydrogens (tertiary/aromatic N) is 1. The van der Waals surface area contributed by atoms with Crippen molar-refractivity contribution in [1.82, 2.24) is 4.90 Å². The quantitative estimate of drug-likeness (QED) is 0.777. The molecular formula is C18H23NO. The van der Waals surface area contributed by atoms with E-state index in [9.17, 15) is 0 Å². The molecule has 3 rings (SSSR count). The van der Waals surface area contributed by atoms with Crippen LogP contribution in [0.3, 0.4) is 0 Å². The van der Waals surface area contributed by atoms with E-state index in [1.165, 1.54) is 29.2 Å². The lowest BCUT2D eigenvalue weighted by molar-refractivity contribution is 0.229. The molecule has 0 bridgehead atoms. The van der Waals surface area contributed by atoms with E-state index in [-0.39, 0.29) is 0 Å². The summed E-state index contributed by atoms with van der Waals surface area (Å²) in [5, 5.41) is 11.7. The van der Waals surface area contributed by atoms with Crippen LogP contribution < -0.4 is 0 Å². The highest BCUT2D eigenvalue weighted by Gasteiger charge is 2.28. The molecule has 20 heavy (non-hydrogen) atoms. The molecule has 1 N–H and O–H groups in total. The monoisotopic (exact) mass is 269 g/mol. The Morgan fingerprint density at radius 2 is 1.80 bits per heavy atom. The Morgan fingerprint density at radius 3 is 2.60 bits per heavy atom. The van der Waals surface area contributed by atoms with E-state index in [1.54, 1.807) is 0 Å². The molecule has 1 fully saturated rings. The van der Waals surface area contributed by atoms with Gasteiger partial charge < -0.3 is 5.11 Å². The summed E-state index contributed by atoms with van der Waals surface area (Å²) in [6.45, 7) is 2.46. The van der Waals surface area contributed by atoms with Crippen LogP contribution in [0.5, 0.6) is 0 Å². The van der Waals surface area contributed by atoms with Gasteiger partial charge in [-0.3, -0.25) is 4.90 Å². The molecule has 2 aromatic carbocycles. The van der Waals surface area contributed by atoms with E-state index in [0.29, 0.717) is 6.61 Å². The summed E-state index contributed by atoms with van der Waals surface area (Å²) in [4.78, 5) is 2.59. The molecule has 2 nitrogen and oxygen atoms in total. The zero-order chi connectivity index (χ0) is 13.8. The van der Waals surface area contributed by atoms with Crippen LogP contribution in [0.15, 0.2) is 42.5 Å². The minimum Gasteiger partial charge on any atom is -0.396 e. The highest BCUT2D eigenvalue weighted by atomic mass is 16.2. The van der Waals surface area contributed by atoms with Crippen LogP contribution >= 0.6 is 0 Å². The number of aliphatic hydroxyl groups excluding tert-OH is 1. The van der Waals surface area contributed by atoms with Gasteiger partial charge in [0.05, 0.1) is 0 Å². The van der Waals surface area contributed by atoms with E-state index in [0.717, 1.165) is 32.0 Å². The number of fused-ring (bicyclic) bond motifs is 1. The van der Waals surface area contributed by atoms with E-state index in [1.807, 2.05) is 0 Å². The van der Waals surface area contributed by atoms with Crippen molar-refractivity contribution in [3.63, 3.8) is 0 Å². The van der Waals surface area contributed by atoms with Crippen LogP contribution in [0.2, 0.25) is 0 Å². The van der Waals surface area contributed by atoms with Gasteiger partial charge in [0.15, 0.2) is 0 Å². The summed E-state index contributed by atoms with van der Waals surface area (Å²) in [6, 6.07) is 16.0. The summed E-state index contributed by atoms with van der Waals surface area (Å²) in [7, 11) is 0. The maximum Gasteiger partial charge on any atom is 0.0431 e. The van der Waals surface area contributed by atoms with Crippen molar-refractivity contribution in [3.05, 3.63) is 48.0 Å². The summed E-state index contributed by atoms with van der Waals surface area (Å²) >= 11 is 0. The number of benzene rings is 2. The fourth-order valence-electron chi connectivity index (χ4n) is 2.91. The highest BCUT2D eigenvalue weighted by Crippen LogP contribution is 2.30. The van der Waals surface area contributed by atoms with Crippen molar-refractivity contribution in [1.29, 1.82) is 0 Å². The molecule has 1 aliphatic rings. The van der Waals surface area contributed by atoms with Crippen molar-refractivity contribution < 1.29 is 5.11 Å². The van der Waals surface area contributed by atoms with Crippen LogP contribution in [0, 0.1) is 0 Å². The molecule has 1 aliphatic carbocycles. The van der Waals surface area contributed by atoms with Gasteiger partial charge in [0.2, 0.25) is 0 Å². The van der Waals surface area contributed by atoms with E-state index in [2.05, 4.69) is 47.4 Å². The van der Waals surface area contributed by atoms with Gasteiger partial charge in [-0.1, -0.05) is 42.5 Å². The molecule has 0 aliphatic heterocycles. The Morgan fingerprint density at radius 1 is 1.00 bits per heavy atom. The van der Waals surface area contributed by atoms with Crippen LogP contribution in [-0.4, -0.2) is 29.2 Å². The number of hydrogen-bond acceptors (Lipinski definition) is 2. The molecule has 0 unspecified atom stereocenters. The van der Waals surface area contributed by atoms with Crippen molar-refractivity contribution in [2.45, 2.75) is 38.3 Å². The van der Waals surface area contributed by atoms with Crippen molar-refractivity contribution in [3.8, 4) is 0 Å². The topological polar surface area (TPSA) is 23.5 Å². The van der Waals surface area contributed by atoms with Crippen LogP contribution in [0.4, 0.5) is 0 Å². The van der Waals surface area contributed by atoms with Gasteiger partial charge in [-0.25, -0.2) is 0 Å². The van der Waals surface area contributed by atoms with Crippen molar-refractivity contribution in [2.24, 2.45) is 0 Å². The molecular weight excluding hydrogens is 246 g/mol. The standard InChI is InChI=1S/C18H23NO/c20-13-4-3-12-19(17-10-11-17)14-16-8-5-7-15-6-1-2-9-18(15)16/h1-2,5-9,17,20H,3-4,10-14H2. The summed E-state index contributed by atoms with van der Waals surface area (Å²) < 4.78 is 0. The first kappa shape index (κ1) is 13.6. The summed E-state index contributed by atoms with van der Waals surface area (Å²) in [5.41, 5.74) is 1.43. The SMILES string of the molecule is OCCCCN(Cc1cccc2ccccc12)C1CC1. The Labute approximate surface area is 121 Å². The van der Waals surface area contributed by atoms with Gasteiger partial charge >= 0.3 is 0 Å². The van der Waals surface area contributed by atoms with Gasteiger partial charge in [-0.15, -0.1) is 0 Å². The maximum atomic E-state index is 8.95. The van der Waals surface area contributed by atoms with E-state index >= 15 is 0 Å². The lowest BCUT2D eigenvalue weighted by Crippen LogP contribution is -2.27. The molecule has 0 amide bonds. The first-order valence-electron chi connectivity index (χ1n) is 7.70. The molecule has 0 aromatic heterocycles. The molecule has 0 heterocycles. The first-order valence-corrected chi connectivity index (χ1v) is 7.70. The molecule has 1 saturated carbocycles. The Hall–Kier alpha value is -1.38. The number of unbranched alkanes of at least 4 members (excludes halogenated alkanes) is 1. The van der Waals surface area contributed by atoms with Gasteiger partial charge in [-0.05, 0) is 48.6 Å². The Balaban J connectivity index is 1.76. The number of aliphatic hydroxyl groups is 1. The molecule has 2 aromatic rings. The number of rotatable bonds is 7.